The van der Waals surface area contributed by atoms with Gasteiger partial charge in [0.1, 0.15) is 0 Å². The summed E-state index contributed by atoms with van der Waals surface area (Å²) in [4.78, 5) is 17.7. The summed E-state index contributed by atoms with van der Waals surface area (Å²) in [5.74, 6) is -0.218. The van der Waals surface area contributed by atoms with Crippen molar-refractivity contribution in [3.8, 4) is 6.07 Å². The minimum Gasteiger partial charge on any atom is -0.336 e. The monoisotopic (exact) mass is 376 g/mol. The first-order valence-electron chi connectivity index (χ1n) is 8.06. The number of unbranched alkanes of at least 4 members (excludes halogenated alkanes) is 3. The molecule has 4 nitrogen and oxygen atoms in total. The summed E-state index contributed by atoms with van der Waals surface area (Å²) in [5, 5.41) is 9.94. The molecular formula is C18H21BrN2O2. The molecule has 0 amide bonds. The highest BCUT2D eigenvalue weighted by Gasteiger charge is 2.18. The van der Waals surface area contributed by atoms with Gasteiger partial charge in [-0.15, -0.1) is 0 Å². The molecule has 0 radical (unpaired) electrons. The van der Waals surface area contributed by atoms with Gasteiger partial charge in [-0.05, 0) is 47.0 Å². The van der Waals surface area contributed by atoms with Gasteiger partial charge >= 0.3 is 5.97 Å². The summed E-state index contributed by atoms with van der Waals surface area (Å²) in [6.45, 7) is 4.15. The second kappa shape index (κ2) is 8.16. The zero-order valence-electron chi connectivity index (χ0n) is 13.6. The fourth-order valence-corrected chi connectivity index (χ4v) is 3.35. The average Bonchev–Trinajstić information content (AvgIpc) is 2.82. The van der Waals surface area contributed by atoms with Crippen LogP contribution in [0.1, 0.15) is 57.2 Å². The van der Waals surface area contributed by atoms with Crippen LogP contribution in [0.25, 0.3) is 10.9 Å². The fourth-order valence-electron chi connectivity index (χ4n) is 2.60. The van der Waals surface area contributed by atoms with E-state index in [1.54, 1.807) is 10.8 Å². The molecule has 2 rings (SSSR count). The molecule has 1 aromatic heterocycles. The van der Waals surface area contributed by atoms with E-state index >= 15 is 0 Å². The minimum absolute atomic E-state index is 0.218. The van der Waals surface area contributed by atoms with Crippen LogP contribution in [0, 0.1) is 11.3 Å². The third-order valence-corrected chi connectivity index (χ3v) is 4.73. The predicted molar refractivity (Wildman–Crippen MR) is 94.1 cm³/mol. The molecule has 2 aromatic rings. The lowest BCUT2D eigenvalue weighted by Crippen LogP contribution is -2.21. The lowest BCUT2D eigenvalue weighted by Gasteiger charge is -2.10. The normalized spacial score (nSPS) is 10.7. The zero-order valence-corrected chi connectivity index (χ0v) is 15.1. The Hall–Kier alpha value is -1.80. The van der Waals surface area contributed by atoms with Crippen molar-refractivity contribution in [1.82, 2.24) is 4.73 Å². The first-order chi connectivity index (χ1) is 11.1. The summed E-state index contributed by atoms with van der Waals surface area (Å²) in [6, 6.07) is 7.50. The Morgan fingerprint density at radius 2 is 2.09 bits per heavy atom. The van der Waals surface area contributed by atoms with E-state index in [2.05, 4.69) is 28.9 Å². The number of nitrogens with zero attached hydrogens (tertiary/aromatic N) is 2. The Morgan fingerprint density at radius 3 is 2.74 bits per heavy atom. The van der Waals surface area contributed by atoms with Crippen molar-refractivity contribution < 1.29 is 9.63 Å². The average molecular weight is 377 g/mol. The number of hydrogen-bond donors (Lipinski definition) is 0. The lowest BCUT2D eigenvalue weighted by atomic mass is 10.2. The van der Waals surface area contributed by atoms with Crippen LogP contribution in [0.15, 0.2) is 22.7 Å². The van der Waals surface area contributed by atoms with Crippen molar-refractivity contribution in [3.63, 3.8) is 0 Å². The smallest absolute Gasteiger partial charge is 0.332 e. The number of rotatable bonds is 7. The van der Waals surface area contributed by atoms with E-state index in [0.717, 1.165) is 53.2 Å². The highest BCUT2D eigenvalue weighted by atomic mass is 79.9. The molecule has 0 saturated carbocycles. The Balaban J connectivity index is 2.25. The van der Waals surface area contributed by atoms with Gasteiger partial charge in [0.25, 0.3) is 0 Å². The highest BCUT2D eigenvalue weighted by Crippen LogP contribution is 2.31. The van der Waals surface area contributed by atoms with E-state index in [1.165, 1.54) is 0 Å². The van der Waals surface area contributed by atoms with Crippen LogP contribution in [0.4, 0.5) is 0 Å². The van der Waals surface area contributed by atoms with Gasteiger partial charge in [0, 0.05) is 16.3 Å². The van der Waals surface area contributed by atoms with Gasteiger partial charge in [-0.2, -0.15) is 9.99 Å². The van der Waals surface area contributed by atoms with E-state index < -0.39 is 0 Å². The first kappa shape index (κ1) is 17.6. The minimum atomic E-state index is -0.218. The van der Waals surface area contributed by atoms with Crippen molar-refractivity contribution in [1.29, 1.82) is 5.26 Å². The molecule has 0 spiro atoms. The van der Waals surface area contributed by atoms with Crippen LogP contribution in [-0.4, -0.2) is 10.7 Å². The lowest BCUT2D eigenvalue weighted by molar-refractivity contribution is -0.144. The molecule has 0 fully saturated rings. The Morgan fingerprint density at radius 1 is 1.30 bits per heavy atom. The van der Waals surface area contributed by atoms with E-state index in [-0.39, 0.29) is 5.97 Å². The number of carbonyl (C=O) groups is 1. The van der Waals surface area contributed by atoms with Gasteiger partial charge in [-0.1, -0.05) is 33.1 Å². The van der Waals surface area contributed by atoms with Crippen molar-refractivity contribution in [2.24, 2.45) is 0 Å². The second-order valence-electron chi connectivity index (χ2n) is 5.53. The molecule has 5 heteroatoms. The summed E-state index contributed by atoms with van der Waals surface area (Å²) < 4.78 is 2.48. The molecule has 0 aliphatic rings. The summed E-state index contributed by atoms with van der Waals surface area (Å²) >= 11 is 3.57. The van der Waals surface area contributed by atoms with Crippen molar-refractivity contribution in [3.05, 3.63) is 33.9 Å². The van der Waals surface area contributed by atoms with Gasteiger partial charge in [-0.25, -0.2) is 4.79 Å². The quantitative estimate of drug-likeness (QED) is 0.654. The molecule has 0 saturated heterocycles. The van der Waals surface area contributed by atoms with Crippen LogP contribution in [0.2, 0.25) is 0 Å². The molecule has 0 N–H and O–H groups in total. The largest absolute Gasteiger partial charge is 0.336 e. The van der Waals surface area contributed by atoms with E-state index in [9.17, 15) is 4.79 Å². The van der Waals surface area contributed by atoms with Gasteiger partial charge in [0.05, 0.1) is 22.8 Å². The van der Waals surface area contributed by atoms with Crippen molar-refractivity contribution in [2.45, 2.75) is 52.4 Å². The van der Waals surface area contributed by atoms with Gasteiger partial charge < -0.3 is 4.84 Å². The van der Waals surface area contributed by atoms with Gasteiger partial charge in [-0.3, -0.25) is 0 Å². The summed E-state index contributed by atoms with van der Waals surface area (Å²) in [6.07, 6.45) is 5.34. The number of nitriles is 1. The van der Waals surface area contributed by atoms with E-state index in [1.807, 2.05) is 19.1 Å². The Labute approximate surface area is 145 Å². The van der Waals surface area contributed by atoms with Crippen molar-refractivity contribution >= 4 is 32.8 Å². The van der Waals surface area contributed by atoms with Gasteiger partial charge in [0.2, 0.25) is 0 Å². The van der Waals surface area contributed by atoms with Crippen LogP contribution < -0.4 is 4.84 Å². The maximum Gasteiger partial charge on any atom is 0.332 e. The Kier molecular flexibility index (Phi) is 6.23. The Bertz CT molecular complexity index is 744. The van der Waals surface area contributed by atoms with Crippen LogP contribution in [-0.2, 0) is 11.2 Å². The molecule has 1 heterocycles. The molecular weight excluding hydrogens is 356 g/mol. The third kappa shape index (κ3) is 3.94. The molecule has 0 aliphatic heterocycles. The molecule has 0 aliphatic carbocycles. The van der Waals surface area contributed by atoms with Gasteiger partial charge in [0.15, 0.2) is 0 Å². The number of fused-ring (bicyclic) bond motifs is 1. The fraction of sp³-hybridized carbons (Fsp3) is 0.444. The number of carbonyl (C=O) groups excluding carboxylic acids is 1. The van der Waals surface area contributed by atoms with Crippen LogP contribution in [0.3, 0.4) is 0 Å². The number of hydrogen-bond acceptors (Lipinski definition) is 3. The zero-order chi connectivity index (χ0) is 16.8. The first-order valence-corrected chi connectivity index (χ1v) is 8.85. The molecule has 0 unspecified atom stereocenters. The second-order valence-corrected chi connectivity index (χ2v) is 6.32. The highest BCUT2D eigenvalue weighted by molar-refractivity contribution is 9.10. The molecule has 0 atom stereocenters. The number of benzene rings is 1. The van der Waals surface area contributed by atoms with Crippen molar-refractivity contribution in [2.75, 3.05) is 0 Å². The summed E-state index contributed by atoms with van der Waals surface area (Å²) in [5.41, 5.74) is 2.29. The molecule has 23 heavy (non-hydrogen) atoms. The van der Waals surface area contributed by atoms with E-state index in [4.69, 9.17) is 10.1 Å². The summed E-state index contributed by atoms with van der Waals surface area (Å²) in [7, 11) is 0. The maximum absolute atomic E-state index is 12.1. The molecule has 1 aromatic carbocycles. The van der Waals surface area contributed by atoms with E-state index in [0.29, 0.717) is 12.0 Å². The number of halogens is 1. The maximum atomic E-state index is 12.1. The topological polar surface area (TPSA) is 55.0 Å². The van der Waals surface area contributed by atoms with Crippen LogP contribution >= 0.6 is 15.9 Å². The molecule has 0 bridgehead atoms. The number of aromatic nitrogens is 1. The predicted octanol–water partition coefficient (Wildman–Crippen LogP) is 4.76. The third-order valence-electron chi connectivity index (χ3n) is 3.84. The SMILES string of the molecule is CCCCCCC(=O)On1c(CC)c(Br)c2cc(C#N)ccc21. The molecule has 122 valence electrons. The van der Waals surface area contributed by atoms with Crippen LogP contribution in [0.5, 0.6) is 0 Å². The standard InChI is InChI=1S/C18H21BrN2O2/c1-3-5-6-7-8-17(22)23-21-15(4-2)18(19)14-11-13(12-20)9-10-16(14)21/h9-11H,3-8H2,1-2H3.